The van der Waals surface area contributed by atoms with Gasteiger partial charge >= 0.3 is 11.9 Å². The third-order valence-corrected chi connectivity index (χ3v) is 2.23. The maximum absolute atomic E-state index is 11.5. The molecule has 0 radical (unpaired) electrons. The van der Waals surface area contributed by atoms with Crippen molar-refractivity contribution in [2.75, 3.05) is 13.2 Å². The highest BCUT2D eigenvalue weighted by Crippen LogP contribution is 2.08. The molecule has 0 saturated heterocycles. The summed E-state index contributed by atoms with van der Waals surface area (Å²) in [5.41, 5.74) is 0. The zero-order valence-corrected chi connectivity index (χ0v) is 10.7. The minimum absolute atomic E-state index is 0.193. The normalized spacial score (nSPS) is 11.7. The van der Waals surface area contributed by atoms with E-state index in [1.165, 1.54) is 6.92 Å². The highest BCUT2D eigenvalue weighted by Gasteiger charge is 2.22. The van der Waals surface area contributed by atoms with E-state index < -0.39 is 11.9 Å². The smallest absolute Gasteiger partial charge is 0.316 e. The summed E-state index contributed by atoms with van der Waals surface area (Å²) >= 11 is 0. The van der Waals surface area contributed by atoms with Gasteiger partial charge in [0.15, 0.2) is 0 Å². The summed E-state index contributed by atoms with van der Waals surface area (Å²) in [6.45, 7) is 5.54. The van der Waals surface area contributed by atoms with E-state index in [1.54, 1.807) is 13.8 Å². The van der Waals surface area contributed by atoms with Crippen LogP contribution in [-0.4, -0.2) is 30.9 Å². The van der Waals surface area contributed by atoms with Crippen LogP contribution in [-0.2, 0) is 23.9 Å². The molecular formula is C12H20O5. The Kier molecular flexibility index (Phi) is 8.01. The van der Waals surface area contributed by atoms with Crippen LogP contribution in [0.5, 0.6) is 0 Å². The molecule has 0 saturated carbocycles. The van der Waals surface area contributed by atoms with E-state index in [4.69, 9.17) is 9.47 Å². The van der Waals surface area contributed by atoms with Crippen molar-refractivity contribution in [3.05, 3.63) is 0 Å². The maximum atomic E-state index is 11.5. The summed E-state index contributed by atoms with van der Waals surface area (Å²) in [7, 11) is 0. The van der Waals surface area contributed by atoms with Gasteiger partial charge < -0.3 is 9.47 Å². The van der Waals surface area contributed by atoms with Crippen LogP contribution < -0.4 is 0 Å². The van der Waals surface area contributed by atoms with Crippen LogP contribution in [0.1, 0.15) is 40.0 Å². The molecule has 1 atom stereocenters. The first-order valence-corrected chi connectivity index (χ1v) is 5.87. The van der Waals surface area contributed by atoms with Crippen molar-refractivity contribution in [3.63, 3.8) is 0 Å². The van der Waals surface area contributed by atoms with Crippen LogP contribution in [0, 0.1) is 5.92 Å². The van der Waals surface area contributed by atoms with E-state index in [2.05, 4.69) is 0 Å². The second kappa shape index (κ2) is 8.73. The lowest BCUT2D eigenvalue weighted by Gasteiger charge is -2.09. The standard InChI is InChI=1S/C12H20O5/c1-4-16-11(14)8-6-7-10(13)9(3)12(15)17-5-2/h9H,4-8H2,1-3H3. The van der Waals surface area contributed by atoms with Crippen molar-refractivity contribution in [3.8, 4) is 0 Å². The topological polar surface area (TPSA) is 69.7 Å². The highest BCUT2D eigenvalue weighted by atomic mass is 16.5. The fraction of sp³-hybridized carbons (Fsp3) is 0.750. The second-order valence-corrected chi connectivity index (χ2v) is 3.60. The molecule has 0 amide bonds. The lowest BCUT2D eigenvalue weighted by atomic mass is 10.0. The number of ether oxygens (including phenoxy) is 2. The Morgan fingerprint density at radius 1 is 1.00 bits per heavy atom. The Morgan fingerprint density at radius 2 is 1.59 bits per heavy atom. The van der Waals surface area contributed by atoms with E-state index in [9.17, 15) is 14.4 Å². The predicted molar refractivity (Wildman–Crippen MR) is 61.3 cm³/mol. The van der Waals surface area contributed by atoms with Crippen LogP contribution >= 0.6 is 0 Å². The molecule has 0 aromatic rings. The number of Topliss-reactive ketones (excluding diaryl/α,β-unsaturated/α-hetero) is 1. The number of carbonyl (C=O) groups excluding carboxylic acids is 3. The van der Waals surface area contributed by atoms with Crippen LogP contribution in [0.3, 0.4) is 0 Å². The van der Waals surface area contributed by atoms with Gasteiger partial charge in [0.2, 0.25) is 0 Å². The summed E-state index contributed by atoms with van der Waals surface area (Å²) < 4.78 is 9.47. The maximum Gasteiger partial charge on any atom is 0.316 e. The third-order valence-electron chi connectivity index (χ3n) is 2.23. The Labute approximate surface area is 101 Å². The third kappa shape index (κ3) is 6.71. The van der Waals surface area contributed by atoms with Crippen molar-refractivity contribution in [2.24, 2.45) is 5.92 Å². The van der Waals surface area contributed by atoms with Gasteiger partial charge in [0.05, 0.1) is 13.2 Å². The molecule has 0 N–H and O–H groups in total. The van der Waals surface area contributed by atoms with Gasteiger partial charge in [-0.05, 0) is 27.2 Å². The first-order chi connectivity index (χ1) is 8.02. The monoisotopic (exact) mass is 244 g/mol. The first kappa shape index (κ1) is 15.6. The van der Waals surface area contributed by atoms with E-state index in [0.717, 1.165) is 0 Å². The first-order valence-electron chi connectivity index (χ1n) is 5.87. The highest BCUT2D eigenvalue weighted by molar-refractivity contribution is 5.98. The van der Waals surface area contributed by atoms with Crippen molar-refractivity contribution in [1.82, 2.24) is 0 Å². The molecule has 98 valence electrons. The molecule has 5 nitrogen and oxygen atoms in total. The van der Waals surface area contributed by atoms with Crippen molar-refractivity contribution in [2.45, 2.75) is 40.0 Å². The number of hydrogen-bond acceptors (Lipinski definition) is 5. The summed E-state index contributed by atoms with van der Waals surface area (Å²) in [5.74, 6) is -1.78. The van der Waals surface area contributed by atoms with Gasteiger partial charge in [-0.3, -0.25) is 14.4 Å². The van der Waals surface area contributed by atoms with Crippen LogP contribution in [0.25, 0.3) is 0 Å². The average molecular weight is 244 g/mol. The molecule has 5 heteroatoms. The van der Waals surface area contributed by atoms with E-state index in [1.807, 2.05) is 0 Å². The Hall–Kier alpha value is -1.39. The summed E-state index contributed by atoms with van der Waals surface area (Å²) in [4.78, 5) is 33.8. The molecular weight excluding hydrogens is 224 g/mol. The number of ketones is 1. The Balaban J connectivity index is 3.85. The molecule has 0 aromatic carbocycles. The molecule has 0 fully saturated rings. The van der Waals surface area contributed by atoms with Gasteiger partial charge in [0, 0.05) is 12.8 Å². The fourth-order valence-corrected chi connectivity index (χ4v) is 1.26. The Bertz CT molecular complexity index is 272. The molecule has 1 unspecified atom stereocenters. The minimum Gasteiger partial charge on any atom is -0.466 e. The summed E-state index contributed by atoms with van der Waals surface area (Å²) in [6, 6.07) is 0. The largest absolute Gasteiger partial charge is 0.466 e. The van der Waals surface area contributed by atoms with Crippen molar-refractivity contribution >= 4 is 17.7 Å². The number of hydrogen-bond donors (Lipinski definition) is 0. The molecule has 0 rings (SSSR count). The molecule has 17 heavy (non-hydrogen) atoms. The van der Waals surface area contributed by atoms with Gasteiger partial charge in [0.25, 0.3) is 0 Å². The van der Waals surface area contributed by atoms with Gasteiger partial charge in [-0.15, -0.1) is 0 Å². The van der Waals surface area contributed by atoms with Gasteiger partial charge in [-0.2, -0.15) is 0 Å². The van der Waals surface area contributed by atoms with Crippen molar-refractivity contribution < 1.29 is 23.9 Å². The quantitative estimate of drug-likeness (QED) is 0.478. The molecule has 0 bridgehead atoms. The van der Waals surface area contributed by atoms with E-state index >= 15 is 0 Å². The number of carbonyl (C=O) groups is 3. The summed E-state index contributed by atoms with van der Waals surface area (Å²) in [6.07, 6.45) is 0.801. The zero-order valence-electron chi connectivity index (χ0n) is 10.7. The van der Waals surface area contributed by atoms with Gasteiger partial charge in [-0.1, -0.05) is 0 Å². The lowest BCUT2D eigenvalue weighted by Crippen LogP contribution is -2.23. The van der Waals surface area contributed by atoms with E-state index in [0.29, 0.717) is 13.0 Å². The van der Waals surface area contributed by atoms with Crippen LogP contribution in [0.4, 0.5) is 0 Å². The lowest BCUT2D eigenvalue weighted by molar-refractivity contribution is -0.150. The van der Waals surface area contributed by atoms with Crippen LogP contribution in [0.2, 0.25) is 0 Å². The van der Waals surface area contributed by atoms with Gasteiger partial charge in [-0.25, -0.2) is 0 Å². The number of rotatable bonds is 8. The van der Waals surface area contributed by atoms with Crippen LogP contribution in [0.15, 0.2) is 0 Å². The van der Waals surface area contributed by atoms with Crippen molar-refractivity contribution in [1.29, 1.82) is 0 Å². The average Bonchev–Trinajstić information content (AvgIpc) is 2.28. The molecule has 0 aliphatic heterocycles. The molecule has 0 aromatic heterocycles. The molecule has 0 heterocycles. The number of esters is 2. The zero-order chi connectivity index (χ0) is 13.3. The Morgan fingerprint density at radius 3 is 2.12 bits per heavy atom. The molecule has 0 aliphatic carbocycles. The predicted octanol–water partition coefficient (Wildman–Crippen LogP) is 1.49. The minimum atomic E-state index is -0.753. The van der Waals surface area contributed by atoms with E-state index in [-0.39, 0.29) is 31.2 Å². The SMILES string of the molecule is CCOC(=O)CCCC(=O)C(C)C(=O)OCC. The fourth-order valence-electron chi connectivity index (χ4n) is 1.26. The van der Waals surface area contributed by atoms with Gasteiger partial charge in [0.1, 0.15) is 11.7 Å². The second-order valence-electron chi connectivity index (χ2n) is 3.60. The molecule has 0 spiro atoms. The molecule has 0 aliphatic rings. The summed E-state index contributed by atoms with van der Waals surface area (Å²) in [5, 5.41) is 0.